The number of ether oxygens (including phenoxy) is 1. The fourth-order valence-electron chi connectivity index (χ4n) is 4.35. The van der Waals surface area contributed by atoms with E-state index in [1.54, 1.807) is 31.2 Å². The maximum absolute atomic E-state index is 14.0. The van der Waals surface area contributed by atoms with Crippen molar-refractivity contribution in [2.24, 2.45) is 0 Å². The fourth-order valence-corrected chi connectivity index (χ4v) is 4.35. The topological polar surface area (TPSA) is 101 Å². The minimum Gasteiger partial charge on any atom is -0.378 e. The first kappa shape index (κ1) is 22.4. The third-order valence-electron chi connectivity index (χ3n) is 6.16. The molecule has 0 saturated carbocycles. The second-order valence-electron chi connectivity index (χ2n) is 8.38. The summed E-state index contributed by atoms with van der Waals surface area (Å²) >= 11 is 0. The zero-order chi connectivity index (χ0) is 23.7. The van der Waals surface area contributed by atoms with Crippen LogP contribution in [0.1, 0.15) is 32.0 Å². The maximum Gasteiger partial charge on any atom is 0.296 e. The first-order valence-electron chi connectivity index (χ1n) is 11.4. The van der Waals surface area contributed by atoms with E-state index in [-0.39, 0.29) is 17.9 Å². The number of hydrogen-bond acceptors (Lipinski definition) is 8. The van der Waals surface area contributed by atoms with Crippen molar-refractivity contribution in [3.8, 4) is 5.95 Å². The third-order valence-corrected chi connectivity index (χ3v) is 6.16. The number of aromatic nitrogens is 5. The molecule has 2 aliphatic heterocycles. The van der Waals surface area contributed by atoms with Crippen LogP contribution in [0.4, 0.5) is 20.7 Å². The Balaban J connectivity index is 1.53. The number of benzene rings is 1. The lowest BCUT2D eigenvalue weighted by molar-refractivity contribution is -0.129. The highest BCUT2D eigenvalue weighted by molar-refractivity contribution is 5.77. The molecule has 10 nitrogen and oxygen atoms in total. The van der Waals surface area contributed by atoms with Gasteiger partial charge in [0.05, 0.1) is 24.2 Å². The zero-order valence-corrected chi connectivity index (χ0v) is 18.8. The monoisotopic (exact) mass is 472 g/mol. The Morgan fingerprint density at radius 2 is 1.74 bits per heavy atom. The number of rotatable bonds is 5. The Hall–Kier alpha value is -3.41. The average Bonchev–Trinajstić information content (AvgIpc) is 3.25. The summed E-state index contributed by atoms with van der Waals surface area (Å²) in [6.45, 7) is 5.09. The molecule has 3 aromatic rings. The molecule has 0 spiro atoms. The molecule has 0 aliphatic carbocycles. The van der Waals surface area contributed by atoms with Crippen LogP contribution >= 0.6 is 0 Å². The van der Waals surface area contributed by atoms with E-state index in [4.69, 9.17) is 4.74 Å². The van der Waals surface area contributed by atoms with Crippen LogP contribution in [-0.4, -0.2) is 80.7 Å². The van der Waals surface area contributed by atoms with E-state index in [1.807, 2.05) is 9.80 Å². The van der Waals surface area contributed by atoms with Gasteiger partial charge in [-0.25, -0.2) is 13.8 Å². The van der Waals surface area contributed by atoms with Crippen LogP contribution in [-0.2, 0) is 9.53 Å². The summed E-state index contributed by atoms with van der Waals surface area (Å²) < 4.78 is 34.6. The first-order valence-corrected chi connectivity index (χ1v) is 11.4. The summed E-state index contributed by atoms with van der Waals surface area (Å²) in [4.78, 5) is 33.2. The van der Waals surface area contributed by atoms with Crippen molar-refractivity contribution in [2.75, 3.05) is 49.6 Å². The summed E-state index contributed by atoms with van der Waals surface area (Å²) in [7, 11) is 0. The predicted octanol–water partition coefficient (Wildman–Crippen LogP) is 2.41. The molecule has 0 radical (unpaired) electrons. The van der Waals surface area contributed by atoms with E-state index in [9.17, 15) is 13.6 Å². The zero-order valence-electron chi connectivity index (χ0n) is 18.8. The fraction of sp³-hybridized carbons (Fsp3) is 0.500. The van der Waals surface area contributed by atoms with Crippen molar-refractivity contribution >= 4 is 28.8 Å². The number of nitrogens with one attached hydrogen (secondary N) is 1. The molecule has 1 aromatic carbocycles. The van der Waals surface area contributed by atoms with Crippen LogP contribution in [0.15, 0.2) is 24.3 Å². The predicted molar refractivity (Wildman–Crippen MR) is 121 cm³/mol. The molecule has 4 heterocycles. The van der Waals surface area contributed by atoms with Gasteiger partial charge in [0.1, 0.15) is 0 Å². The molecule has 2 saturated heterocycles. The van der Waals surface area contributed by atoms with Crippen molar-refractivity contribution < 1.29 is 18.3 Å². The molecule has 34 heavy (non-hydrogen) atoms. The molecule has 0 bridgehead atoms. The number of likely N-dealkylation sites (tertiary alicyclic amines) is 1. The molecule has 1 N–H and O–H groups in total. The highest BCUT2D eigenvalue weighted by Gasteiger charge is 2.26. The van der Waals surface area contributed by atoms with Gasteiger partial charge in [-0.1, -0.05) is 12.1 Å². The Morgan fingerprint density at radius 1 is 1.03 bits per heavy atom. The van der Waals surface area contributed by atoms with E-state index in [0.29, 0.717) is 62.3 Å². The third kappa shape index (κ3) is 4.49. The van der Waals surface area contributed by atoms with E-state index in [2.05, 4.69) is 25.3 Å². The summed E-state index contributed by atoms with van der Waals surface area (Å²) in [5.74, 6) is 0.438. The highest BCUT2D eigenvalue weighted by Crippen LogP contribution is 2.28. The number of amides is 1. The Labute approximate surface area is 195 Å². The second-order valence-corrected chi connectivity index (χ2v) is 8.38. The van der Waals surface area contributed by atoms with E-state index in [1.165, 1.54) is 4.57 Å². The number of fused-ring (bicyclic) bond motifs is 1. The number of carbonyl (C=O) groups is 1. The maximum atomic E-state index is 14.0. The second kappa shape index (κ2) is 9.45. The minimum atomic E-state index is -2.80. The summed E-state index contributed by atoms with van der Waals surface area (Å²) in [5, 5.41) is 3.34. The minimum absolute atomic E-state index is 0.0532. The van der Waals surface area contributed by atoms with Crippen molar-refractivity contribution in [2.45, 2.75) is 32.2 Å². The van der Waals surface area contributed by atoms with Gasteiger partial charge in [-0.3, -0.25) is 9.36 Å². The SMILES string of the molecule is CC(=O)N1CCC(Nc2nc(N3CCOCC3)nc(-n3c(C(F)F)nc4ccccc43)n2)CC1. The molecule has 2 aliphatic rings. The van der Waals surface area contributed by atoms with Crippen molar-refractivity contribution in [1.29, 1.82) is 0 Å². The number of anilines is 2. The molecule has 0 atom stereocenters. The van der Waals surface area contributed by atoms with Gasteiger partial charge in [0, 0.05) is 39.1 Å². The molecule has 2 fully saturated rings. The van der Waals surface area contributed by atoms with E-state index < -0.39 is 12.2 Å². The quantitative estimate of drug-likeness (QED) is 0.604. The molecule has 1 amide bonds. The van der Waals surface area contributed by atoms with Crippen LogP contribution in [0.2, 0.25) is 0 Å². The number of nitrogens with zero attached hydrogens (tertiary/aromatic N) is 7. The van der Waals surface area contributed by atoms with Gasteiger partial charge >= 0.3 is 0 Å². The lowest BCUT2D eigenvalue weighted by Gasteiger charge is -2.32. The number of imidazole rings is 1. The normalized spacial score (nSPS) is 17.5. The van der Waals surface area contributed by atoms with E-state index >= 15 is 0 Å². The molecule has 12 heteroatoms. The van der Waals surface area contributed by atoms with Crippen LogP contribution in [0, 0.1) is 0 Å². The molecular formula is C22H26F2N8O2. The summed E-state index contributed by atoms with van der Waals surface area (Å²) in [5.41, 5.74) is 0.940. The lowest BCUT2D eigenvalue weighted by Crippen LogP contribution is -2.42. The van der Waals surface area contributed by atoms with Crippen LogP contribution < -0.4 is 10.2 Å². The number of alkyl halides is 2. The molecule has 180 valence electrons. The van der Waals surface area contributed by atoms with Gasteiger partial charge in [-0.2, -0.15) is 15.0 Å². The van der Waals surface area contributed by atoms with Gasteiger partial charge in [0.25, 0.3) is 6.43 Å². The van der Waals surface area contributed by atoms with Gasteiger partial charge in [0.15, 0.2) is 5.82 Å². The smallest absolute Gasteiger partial charge is 0.296 e. The largest absolute Gasteiger partial charge is 0.378 e. The van der Waals surface area contributed by atoms with Gasteiger partial charge in [-0.15, -0.1) is 0 Å². The number of para-hydroxylation sites is 2. The Kier molecular flexibility index (Phi) is 6.22. The van der Waals surface area contributed by atoms with E-state index in [0.717, 1.165) is 12.8 Å². The molecule has 2 aromatic heterocycles. The van der Waals surface area contributed by atoms with Crippen LogP contribution in [0.5, 0.6) is 0 Å². The number of piperidine rings is 1. The first-order chi connectivity index (χ1) is 16.5. The van der Waals surface area contributed by atoms with Gasteiger partial charge < -0.3 is 19.9 Å². The molecule has 0 unspecified atom stereocenters. The molecular weight excluding hydrogens is 446 g/mol. The number of hydrogen-bond donors (Lipinski definition) is 1. The van der Waals surface area contributed by atoms with Gasteiger partial charge in [-0.05, 0) is 25.0 Å². The molecule has 5 rings (SSSR count). The van der Waals surface area contributed by atoms with Crippen molar-refractivity contribution in [3.63, 3.8) is 0 Å². The van der Waals surface area contributed by atoms with Crippen molar-refractivity contribution in [1.82, 2.24) is 29.4 Å². The van der Waals surface area contributed by atoms with Crippen molar-refractivity contribution in [3.05, 3.63) is 30.1 Å². The highest BCUT2D eigenvalue weighted by atomic mass is 19.3. The standard InChI is InChI=1S/C22H26F2N8O2/c1-14(33)30-8-6-15(7-9-30)25-20-27-21(31-10-12-34-13-11-31)29-22(28-20)32-17-5-3-2-4-16(17)26-19(32)18(23)24/h2-5,15,18H,6-13H2,1H3,(H,25,27,28,29). The summed E-state index contributed by atoms with van der Waals surface area (Å²) in [6, 6.07) is 6.97. The van der Waals surface area contributed by atoms with Gasteiger partial charge in [0.2, 0.25) is 23.8 Å². The number of halogens is 2. The number of carbonyl (C=O) groups excluding carboxylic acids is 1. The lowest BCUT2D eigenvalue weighted by atomic mass is 10.1. The average molecular weight is 473 g/mol. The Bertz CT molecular complexity index is 1170. The van der Waals surface area contributed by atoms with Crippen LogP contribution in [0.3, 0.4) is 0 Å². The van der Waals surface area contributed by atoms with Crippen LogP contribution in [0.25, 0.3) is 17.0 Å². The summed E-state index contributed by atoms with van der Waals surface area (Å²) in [6.07, 6.45) is -1.32. The Morgan fingerprint density at radius 3 is 2.44 bits per heavy atom. The number of morpholine rings is 1.